The molecule has 3 N–H and O–H groups in total. The quantitative estimate of drug-likeness (QED) is 0.223. The van der Waals surface area contributed by atoms with Crippen LogP contribution in [0.5, 0.6) is 11.5 Å². The Morgan fingerprint density at radius 2 is 1.77 bits per heavy atom. The summed E-state index contributed by atoms with van der Waals surface area (Å²) in [6, 6.07) is 5.69. The zero-order valence-corrected chi connectivity index (χ0v) is 21.7. The smallest absolute Gasteiger partial charge is 0.257 e. The molecule has 0 radical (unpaired) electrons. The number of guanidine groups is 1. The highest BCUT2D eigenvalue weighted by atomic mass is 127. The van der Waals surface area contributed by atoms with E-state index in [9.17, 15) is 4.79 Å². The van der Waals surface area contributed by atoms with Crippen molar-refractivity contribution in [2.45, 2.75) is 59.4 Å². The fourth-order valence-corrected chi connectivity index (χ4v) is 3.88. The number of nitrogens with one attached hydrogen (secondary N) is 3. The number of hydrogen-bond acceptors (Lipinski definition) is 4. The summed E-state index contributed by atoms with van der Waals surface area (Å²) in [6.07, 6.45) is 6.46. The number of aliphatic imine (C=N–C) groups is 1. The Hall–Kier alpha value is -1.71. The van der Waals surface area contributed by atoms with Crippen molar-refractivity contribution in [3.05, 3.63) is 23.8 Å². The number of rotatable bonds is 11. The van der Waals surface area contributed by atoms with E-state index in [2.05, 4.69) is 29.8 Å². The molecule has 7 nitrogen and oxygen atoms in total. The van der Waals surface area contributed by atoms with Gasteiger partial charge >= 0.3 is 0 Å². The highest BCUT2D eigenvalue weighted by Crippen LogP contribution is 2.40. The molecule has 1 amide bonds. The Labute approximate surface area is 204 Å². The molecule has 31 heavy (non-hydrogen) atoms. The second-order valence-corrected chi connectivity index (χ2v) is 7.84. The molecular formula is C23H39IN4O3. The molecule has 1 aliphatic rings. The number of hydrogen-bond donors (Lipinski definition) is 3. The van der Waals surface area contributed by atoms with Crippen molar-refractivity contribution >= 4 is 35.8 Å². The maximum absolute atomic E-state index is 11.6. The molecule has 0 aromatic heterocycles. The Morgan fingerprint density at radius 3 is 2.39 bits per heavy atom. The number of likely N-dealkylation sites (N-methyl/N-ethyl adjacent to an activating group) is 1. The average molecular weight is 546 g/mol. The van der Waals surface area contributed by atoms with Gasteiger partial charge in [0.2, 0.25) is 0 Å². The van der Waals surface area contributed by atoms with Crippen LogP contribution in [0.1, 0.15) is 58.4 Å². The molecule has 1 aromatic rings. The summed E-state index contributed by atoms with van der Waals surface area (Å²) in [6.45, 7) is 9.10. The number of carbonyl (C=O) groups is 1. The minimum absolute atomic E-state index is 0. The molecule has 176 valence electrons. The topological polar surface area (TPSA) is 84.0 Å². The number of benzene rings is 1. The van der Waals surface area contributed by atoms with E-state index in [1.807, 2.05) is 25.1 Å². The molecule has 0 saturated heterocycles. The first-order valence-corrected chi connectivity index (χ1v) is 11.1. The Balaban J connectivity index is 0.00000480. The maximum atomic E-state index is 11.6. The predicted octanol–water partition coefficient (Wildman–Crippen LogP) is 3.85. The predicted molar refractivity (Wildman–Crippen MR) is 137 cm³/mol. The van der Waals surface area contributed by atoms with Gasteiger partial charge in [-0.15, -0.1) is 24.0 Å². The van der Waals surface area contributed by atoms with Crippen LogP contribution in [0.2, 0.25) is 0 Å². The molecule has 0 aliphatic heterocycles. The first-order chi connectivity index (χ1) is 14.6. The van der Waals surface area contributed by atoms with Crippen LogP contribution >= 0.6 is 24.0 Å². The van der Waals surface area contributed by atoms with Gasteiger partial charge in [-0.3, -0.25) is 4.79 Å². The van der Waals surface area contributed by atoms with E-state index in [1.165, 1.54) is 32.1 Å². The zero-order chi connectivity index (χ0) is 21.8. The van der Waals surface area contributed by atoms with Crippen LogP contribution in [-0.2, 0) is 11.3 Å². The summed E-state index contributed by atoms with van der Waals surface area (Å²) in [5.41, 5.74) is 1.42. The number of carbonyl (C=O) groups excluding carboxylic acids is 1. The van der Waals surface area contributed by atoms with Crippen molar-refractivity contribution in [2.24, 2.45) is 10.4 Å². The molecule has 1 fully saturated rings. The van der Waals surface area contributed by atoms with Crippen LogP contribution in [0.25, 0.3) is 0 Å². The first kappa shape index (κ1) is 27.3. The zero-order valence-electron chi connectivity index (χ0n) is 19.4. The van der Waals surface area contributed by atoms with Crippen LogP contribution < -0.4 is 25.4 Å². The third kappa shape index (κ3) is 8.74. The number of methoxy groups -OCH3 is 1. The lowest BCUT2D eigenvalue weighted by atomic mass is 9.83. The monoisotopic (exact) mass is 546 g/mol. The van der Waals surface area contributed by atoms with Gasteiger partial charge in [-0.25, -0.2) is 4.99 Å². The van der Waals surface area contributed by atoms with Crippen LogP contribution in [0.15, 0.2) is 23.2 Å². The summed E-state index contributed by atoms with van der Waals surface area (Å²) >= 11 is 0. The lowest BCUT2D eigenvalue weighted by Crippen LogP contribution is -2.42. The first-order valence-electron chi connectivity index (χ1n) is 11.1. The van der Waals surface area contributed by atoms with E-state index in [-0.39, 0.29) is 36.5 Å². The Bertz CT molecular complexity index is 706. The number of nitrogens with zero attached hydrogens (tertiary/aromatic N) is 1. The number of amides is 1. The second-order valence-electron chi connectivity index (χ2n) is 7.84. The van der Waals surface area contributed by atoms with Crippen LogP contribution in [0.3, 0.4) is 0 Å². The fraction of sp³-hybridized carbons (Fsp3) is 0.652. The average Bonchev–Trinajstić information content (AvgIpc) is 3.24. The van der Waals surface area contributed by atoms with Crippen molar-refractivity contribution in [1.29, 1.82) is 0 Å². The van der Waals surface area contributed by atoms with Crippen molar-refractivity contribution in [3.8, 4) is 11.5 Å². The van der Waals surface area contributed by atoms with Crippen molar-refractivity contribution < 1.29 is 14.3 Å². The van der Waals surface area contributed by atoms with E-state index in [0.29, 0.717) is 30.0 Å². The molecule has 0 unspecified atom stereocenters. The third-order valence-electron chi connectivity index (χ3n) is 5.77. The van der Waals surface area contributed by atoms with Crippen molar-refractivity contribution in [3.63, 3.8) is 0 Å². The summed E-state index contributed by atoms with van der Waals surface area (Å²) in [5, 5.41) is 9.60. The van der Waals surface area contributed by atoms with E-state index in [1.54, 1.807) is 7.11 Å². The van der Waals surface area contributed by atoms with Gasteiger partial charge in [-0.2, -0.15) is 0 Å². The Kier molecular flexibility index (Phi) is 12.7. The highest BCUT2D eigenvalue weighted by molar-refractivity contribution is 14.0. The molecule has 0 spiro atoms. The maximum Gasteiger partial charge on any atom is 0.257 e. The minimum atomic E-state index is -0.151. The van der Waals surface area contributed by atoms with Crippen LogP contribution in [-0.4, -0.2) is 45.2 Å². The molecule has 2 rings (SSSR count). The van der Waals surface area contributed by atoms with Crippen LogP contribution in [0.4, 0.5) is 0 Å². The van der Waals surface area contributed by atoms with E-state index < -0.39 is 0 Å². The molecule has 0 atom stereocenters. The molecule has 1 saturated carbocycles. The van der Waals surface area contributed by atoms with Crippen molar-refractivity contribution in [2.75, 3.05) is 33.4 Å². The summed E-state index contributed by atoms with van der Waals surface area (Å²) in [7, 11) is 1.60. The van der Waals surface area contributed by atoms with E-state index >= 15 is 0 Å². The molecule has 0 bridgehead atoms. The van der Waals surface area contributed by atoms with Crippen LogP contribution in [0, 0.1) is 5.41 Å². The number of halogens is 1. The van der Waals surface area contributed by atoms with Gasteiger partial charge < -0.3 is 25.4 Å². The lowest BCUT2D eigenvalue weighted by molar-refractivity contribution is -0.123. The summed E-state index contributed by atoms with van der Waals surface area (Å²) in [4.78, 5) is 16.4. The van der Waals surface area contributed by atoms with Crippen molar-refractivity contribution in [1.82, 2.24) is 16.0 Å². The molecule has 1 aliphatic carbocycles. The van der Waals surface area contributed by atoms with E-state index in [4.69, 9.17) is 14.5 Å². The normalized spacial score (nSPS) is 15.0. The van der Waals surface area contributed by atoms with Gasteiger partial charge in [0, 0.05) is 19.6 Å². The molecule has 1 aromatic carbocycles. The largest absolute Gasteiger partial charge is 0.493 e. The van der Waals surface area contributed by atoms with Gasteiger partial charge in [0.1, 0.15) is 0 Å². The third-order valence-corrected chi connectivity index (χ3v) is 5.77. The molecule has 8 heteroatoms. The summed E-state index contributed by atoms with van der Waals surface area (Å²) < 4.78 is 11.0. The number of ether oxygens (including phenoxy) is 2. The molecule has 0 heterocycles. The second kappa shape index (κ2) is 14.4. The van der Waals surface area contributed by atoms with Gasteiger partial charge in [-0.05, 0) is 56.2 Å². The Morgan fingerprint density at radius 1 is 1.06 bits per heavy atom. The highest BCUT2D eigenvalue weighted by Gasteiger charge is 2.31. The molecular weight excluding hydrogens is 507 g/mol. The summed E-state index contributed by atoms with van der Waals surface area (Å²) in [5.74, 6) is 1.84. The standard InChI is InChI=1S/C23H38N4O3.HI/c1-5-23(12-8-9-13-23)17-27-22(25-7-3)26-15-18-10-11-19(20(14-18)29-4)30-16-21(28)24-6-2;/h10-11,14H,5-9,12-13,15-17H2,1-4H3,(H,24,28)(H2,25,26,27);1H. The lowest BCUT2D eigenvalue weighted by Gasteiger charge is -2.28. The SMILES string of the molecule is CCNC(=O)COc1ccc(CN=C(NCC)NCC2(CC)CCCC2)cc1OC.I. The van der Waals surface area contributed by atoms with Gasteiger partial charge in [-0.1, -0.05) is 25.8 Å². The van der Waals surface area contributed by atoms with E-state index in [0.717, 1.165) is 24.6 Å². The van der Waals surface area contributed by atoms with Gasteiger partial charge in [0.25, 0.3) is 5.91 Å². The minimum Gasteiger partial charge on any atom is -0.493 e. The fourth-order valence-electron chi connectivity index (χ4n) is 3.88. The van der Waals surface area contributed by atoms with Gasteiger partial charge in [0.15, 0.2) is 24.1 Å². The van der Waals surface area contributed by atoms with Gasteiger partial charge in [0.05, 0.1) is 13.7 Å².